The topological polar surface area (TPSA) is 37.3 Å². The second kappa shape index (κ2) is 4.55. The molecule has 0 unspecified atom stereocenters. The van der Waals surface area contributed by atoms with Gasteiger partial charge in [0.2, 0.25) is 0 Å². The van der Waals surface area contributed by atoms with Crippen molar-refractivity contribution in [2.45, 2.75) is 0 Å². The summed E-state index contributed by atoms with van der Waals surface area (Å²) >= 11 is 5.73. The summed E-state index contributed by atoms with van der Waals surface area (Å²) in [7, 11) is 0. The lowest BCUT2D eigenvalue weighted by molar-refractivity contribution is 0.112. The zero-order chi connectivity index (χ0) is 12.4. The number of phenols is 1. The molecule has 2 aromatic rings. The van der Waals surface area contributed by atoms with E-state index in [1.54, 1.807) is 12.1 Å². The predicted octanol–water partition coefficient (Wildman–Crippen LogP) is 3.66. The van der Waals surface area contributed by atoms with E-state index in [2.05, 4.69) is 0 Å². The summed E-state index contributed by atoms with van der Waals surface area (Å²) in [6.07, 6.45) is 0.541. The molecule has 0 aromatic heterocycles. The number of aldehydes is 1. The van der Waals surface area contributed by atoms with Crippen LogP contribution < -0.4 is 0 Å². The van der Waals surface area contributed by atoms with Gasteiger partial charge in [0, 0.05) is 10.6 Å². The fourth-order valence-electron chi connectivity index (χ4n) is 1.60. The van der Waals surface area contributed by atoms with Gasteiger partial charge >= 0.3 is 0 Å². The third-order valence-electron chi connectivity index (χ3n) is 2.37. The van der Waals surface area contributed by atoms with Crippen LogP contribution in [0.2, 0.25) is 5.02 Å². The number of phenolic OH excluding ortho intramolecular Hbond substituents is 1. The number of carbonyl (C=O) groups excluding carboxylic acids is 1. The quantitative estimate of drug-likeness (QED) is 0.826. The van der Waals surface area contributed by atoms with Gasteiger partial charge in [-0.1, -0.05) is 23.7 Å². The van der Waals surface area contributed by atoms with Gasteiger partial charge in [-0.3, -0.25) is 4.79 Å². The van der Waals surface area contributed by atoms with Crippen LogP contribution in [0.25, 0.3) is 11.1 Å². The highest BCUT2D eigenvalue weighted by Gasteiger charge is 2.10. The third-order valence-corrected chi connectivity index (χ3v) is 2.59. The Kier molecular flexibility index (Phi) is 3.11. The van der Waals surface area contributed by atoms with Gasteiger partial charge < -0.3 is 5.11 Å². The maximum absolute atomic E-state index is 13.2. The number of halogens is 2. The number of rotatable bonds is 2. The van der Waals surface area contributed by atoms with Gasteiger partial charge in [0.15, 0.2) is 6.29 Å². The Labute approximate surface area is 102 Å². The lowest BCUT2D eigenvalue weighted by Gasteiger charge is -2.07. The van der Waals surface area contributed by atoms with Crippen molar-refractivity contribution in [1.82, 2.24) is 0 Å². The summed E-state index contributed by atoms with van der Waals surface area (Å²) in [6, 6.07) is 8.62. The summed E-state index contributed by atoms with van der Waals surface area (Å²) < 4.78 is 13.2. The molecule has 4 heteroatoms. The van der Waals surface area contributed by atoms with Gasteiger partial charge in [-0.25, -0.2) is 4.39 Å². The lowest BCUT2D eigenvalue weighted by Crippen LogP contribution is -1.86. The van der Waals surface area contributed by atoms with Crippen LogP contribution in [-0.2, 0) is 0 Å². The molecule has 2 nitrogen and oxygen atoms in total. The smallest absolute Gasteiger partial charge is 0.153 e. The molecule has 0 amide bonds. The normalized spacial score (nSPS) is 10.2. The molecule has 0 fully saturated rings. The van der Waals surface area contributed by atoms with Crippen LogP contribution in [0.15, 0.2) is 36.4 Å². The summed E-state index contributed by atoms with van der Waals surface area (Å²) in [4.78, 5) is 10.7. The van der Waals surface area contributed by atoms with Gasteiger partial charge in [-0.2, -0.15) is 0 Å². The molecule has 0 saturated heterocycles. The average molecular weight is 251 g/mol. The van der Waals surface area contributed by atoms with Crippen molar-refractivity contribution in [2.75, 3.05) is 0 Å². The molecule has 1 N–H and O–H groups in total. The molecule has 0 saturated carbocycles. The fourth-order valence-corrected chi connectivity index (χ4v) is 1.82. The number of hydrogen-bond donors (Lipinski definition) is 1. The highest BCUT2D eigenvalue weighted by molar-refractivity contribution is 6.30. The third kappa shape index (κ3) is 2.29. The zero-order valence-corrected chi connectivity index (χ0v) is 9.41. The predicted molar refractivity (Wildman–Crippen MR) is 63.9 cm³/mol. The van der Waals surface area contributed by atoms with Gasteiger partial charge in [0.1, 0.15) is 11.6 Å². The van der Waals surface area contributed by atoms with Gasteiger partial charge in [0.25, 0.3) is 0 Å². The van der Waals surface area contributed by atoms with Crippen LogP contribution in [0.1, 0.15) is 10.4 Å². The van der Waals surface area contributed by atoms with E-state index in [9.17, 15) is 14.3 Å². The Morgan fingerprint density at radius 2 is 2.00 bits per heavy atom. The van der Waals surface area contributed by atoms with Crippen molar-refractivity contribution in [3.05, 3.63) is 52.8 Å². The Hall–Kier alpha value is -1.87. The number of aromatic hydroxyl groups is 1. The zero-order valence-electron chi connectivity index (χ0n) is 8.65. The fraction of sp³-hybridized carbons (Fsp3) is 0. The molecule has 2 rings (SSSR count). The summed E-state index contributed by atoms with van der Waals surface area (Å²) in [5.41, 5.74) is 0.954. The minimum Gasteiger partial charge on any atom is -0.507 e. The van der Waals surface area contributed by atoms with Crippen LogP contribution in [0, 0.1) is 5.82 Å². The molecule has 86 valence electrons. The first-order chi connectivity index (χ1) is 8.11. The molecule has 0 atom stereocenters. The first-order valence-electron chi connectivity index (χ1n) is 4.85. The SMILES string of the molecule is O=Cc1cccc(-c2cc(F)cc(Cl)c2)c1O. The molecule has 0 heterocycles. The van der Waals surface area contributed by atoms with Gasteiger partial charge in [0.05, 0.1) is 5.56 Å². The maximum Gasteiger partial charge on any atom is 0.153 e. The number of carbonyl (C=O) groups is 1. The molecular weight excluding hydrogens is 243 g/mol. The van der Waals surface area contributed by atoms with E-state index < -0.39 is 5.82 Å². The van der Waals surface area contributed by atoms with Crippen molar-refractivity contribution in [2.24, 2.45) is 0 Å². The van der Waals surface area contributed by atoms with Crippen molar-refractivity contribution in [1.29, 1.82) is 0 Å². The molecule has 0 aliphatic heterocycles. The molecule has 0 aliphatic rings. The summed E-state index contributed by atoms with van der Waals surface area (Å²) in [5.74, 6) is -0.674. The van der Waals surface area contributed by atoms with E-state index in [0.717, 1.165) is 0 Å². The molecule has 17 heavy (non-hydrogen) atoms. The Bertz CT molecular complexity index is 561. The van der Waals surface area contributed by atoms with Crippen LogP contribution in [0.4, 0.5) is 4.39 Å². The molecule has 0 aliphatic carbocycles. The Balaban J connectivity index is 2.64. The van der Waals surface area contributed by atoms with E-state index in [0.29, 0.717) is 17.4 Å². The molecule has 0 spiro atoms. The lowest BCUT2D eigenvalue weighted by atomic mass is 10.0. The Morgan fingerprint density at radius 1 is 1.24 bits per heavy atom. The minimum absolute atomic E-state index is 0.155. The standard InChI is InChI=1S/C13H8ClFO2/c14-10-4-9(5-11(15)6-10)12-3-1-2-8(7-16)13(12)17/h1-7,17H. The Morgan fingerprint density at radius 3 is 2.65 bits per heavy atom. The second-order valence-corrected chi connectivity index (χ2v) is 3.96. The van der Waals surface area contributed by atoms with Crippen molar-refractivity contribution in [3.8, 4) is 16.9 Å². The molecular formula is C13H8ClFO2. The molecule has 2 aromatic carbocycles. The van der Waals surface area contributed by atoms with Crippen LogP contribution in [0.5, 0.6) is 5.75 Å². The van der Waals surface area contributed by atoms with Crippen LogP contribution >= 0.6 is 11.6 Å². The second-order valence-electron chi connectivity index (χ2n) is 3.52. The average Bonchev–Trinajstić information content (AvgIpc) is 2.28. The largest absolute Gasteiger partial charge is 0.507 e. The molecule has 0 bridgehead atoms. The van der Waals surface area contributed by atoms with Crippen LogP contribution in [-0.4, -0.2) is 11.4 Å². The highest BCUT2D eigenvalue weighted by Crippen LogP contribution is 2.33. The maximum atomic E-state index is 13.2. The van der Waals surface area contributed by atoms with E-state index >= 15 is 0 Å². The number of benzene rings is 2. The number of hydrogen-bond acceptors (Lipinski definition) is 2. The van der Waals surface area contributed by atoms with Crippen molar-refractivity contribution in [3.63, 3.8) is 0 Å². The summed E-state index contributed by atoms with van der Waals surface area (Å²) in [5, 5.41) is 10.1. The molecule has 0 radical (unpaired) electrons. The minimum atomic E-state index is -0.497. The van der Waals surface area contributed by atoms with E-state index in [4.69, 9.17) is 11.6 Å². The van der Waals surface area contributed by atoms with E-state index in [-0.39, 0.29) is 16.3 Å². The van der Waals surface area contributed by atoms with Gasteiger partial charge in [-0.05, 0) is 29.8 Å². The first kappa shape index (κ1) is 11.6. The van der Waals surface area contributed by atoms with Gasteiger partial charge in [-0.15, -0.1) is 0 Å². The first-order valence-corrected chi connectivity index (χ1v) is 5.23. The summed E-state index contributed by atoms with van der Waals surface area (Å²) in [6.45, 7) is 0. The van der Waals surface area contributed by atoms with Crippen molar-refractivity contribution < 1.29 is 14.3 Å². The number of para-hydroxylation sites is 1. The van der Waals surface area contributed by atoms with E-state index in [1.165, 1.54) is 24.3 Å². The van der Waals surface area contributed by atoms with E-state index in [1.807, 2.05) is 0 Å². The highest BCUT2D eigenvalue weighted by atomic mass is 35.5. The van der Waals surface area contributed by atoms with Crippen molar-refractivity contribution >= 4 is 17.9 Å². The van der Waals surface area contributed by atoms with Crippen LogP contribution in [0.3, 0.4) is 0 Å². The monoisotopic (exact) mass is 250 g/mol.